The number of hydrogen-bond donors (Lipinski definition) is 4. The summed E-state index contributed by atoms with van der Waals surface area (Å²) < 4.78 is 0. The van der Waals surface area contributed by atoms with E-state index >= 15 is 0 Å². The van der Waals surface area contributed by atoms with Gasteiger partial charge in [-0.15, -0.1) is 0 Å². The van der Waals surface area contributed by atoms with Crippen molar-refractivity contribution in [2.24, 2.45) is 0 Å². The van der Waals surface area contributed by atoms with Crippen LogP contribution in [0.15, 0.2) is 54.6 Å². The minimum atomic E-state index is -0.207. The van der Waals surface area contributed by atoms with Crippen molar-refractivity contribution < 1.29 is 15.0 Å². The van der Waals surface area contributed by atoms with Crippen LogP contribution in [0.25, 0.3) is 10.9 Å². The third-order valence-electron chi connectivity index (χ3n) is 2.88. The van der Waals surface area contributed by atoms with Crippen LogP contribution in [0.3, 0.4) is 0 Å². The van der Waals surface area contributed by atoms with Crippen LogP contribution in [-0.4, -0.2) is 28.2 Å². The SMILES string of the molecule is CO.O=C(Nc1ccccc1)c1cc2cc(O)ccc2[nH]1. The number of aliphatic hydroxyl groups excluding tert-OH is 1. The average Bonchev–Trinajstić information content (AvgIpc) is 2.93. The quantitative estimate of drug-likeness (QED) is 0.583. The topological polar surface area (TPSA) is 85.3 Å². The molecule has 4 N–H and O–H groups in total. The Labute approximate surface area is 121 Å². The molecule has 1 heterocycles. The van der Waals surface area contributed by atoms with Crippen molar-refractivity contribution in [2.75, 3.05) is 12.4 Å². The van der Waals surface area contributed by atoms with Gasteiger partial charge in [0.15, 0.2) is 0 Å². The third-order valence-corrected chi connectivity index (χ3v) is 2.88. The first-order chi connectivity index (χ1) is 10.2. The summed E-state index contributed by atoms with van der Waals surface area (Å²) in [7, 11) is 1.00. The van der Waals surface area contributed by atoms with E-state index < -0.39 is 0 Å². The maximum atomic E-state index is 12.1. The number of aromatic nitrogens is 1. The molecule has 5 nitrogen and oxygen atoms in total. The van der Waals surface area contributed by atoms with Gasteiger partial charge in [0.05, 0.1) is 0 Å². The Kier molecular flexibility index (Phi) is 4.58. The van der Waals surface area contributed by atoms with Gasteiger partial charge in [-0.25, -0.2) is 0 Å². The highest BCUT2D eigenvalue weighted by atomic mass is 16.3. The number of phenols is 1. The fourth-order valence-corrected chi connectivity index (χ4v) is 1.96. The molecule has 0 saturated heterocycles. The number of carbonyl (C=O) groups is 1. The Hall–Kier alpha value is -2.79. The number of fused-ring (bicyclic) bond motifs is 1. The first-order valence-corrected chi connectivity index (χ1v) is 6.35. The van der Waals surface area contributed by atoms with Gasteiger partial charge in [0.1, 0.15) is 11.4 Å². The number of aromatic hydroxyl groups is 1. The lowest BCUT2D eigenvalue weighted by atomic mass is 10.2. The van der Waals surface area contributed by atoms with E-state index in [1.807, 2.05) is 30.3 Å². The van der Waals surface area contributed by atoms with Gasteiger partial charge in [-0.1, -0.05) is 18.2 Å². The Morgan fingerprint density at radius 1 is 1.05 bits per heavy atom. The summed E-state index contributed by atoms with van der Waals surface area (Å²) in [5.74, 6) is -0.0246. The molecular weight excluding hydrogens is 268 g/mol. The Balaban J connectivity index is 0.000000774. The molecule has 1 aromatic heterocycles. The molecule has 0 aliphatic carbocycles. The number of anilines is 1. The summed E-state index contributed by atoms with van der Waals surface area (Å²) in [5.41, 5.74) is 2.02. The maximum Gasteiger partial charge on any atom is 0.272 e. The molecule has 1 amide bonds. The molecule has 0 aliphatic heterocycles. The van der Waals surface area contributed by atoms with E-state index in [9.17, 15) is 9.90 Å². The lowest BCUT2D eigenvalue weighted by Crippen LogP contribution is -2.11. The van der Waals surface area contributed by atoms with Crippen LogP contribution in [0.5, 0.6) is 5.75 Å². The van der Waals surface area contributed by atoms with Crippen molar-refractivity contribution in [2.45, 2.75) is 0 Å². The standard InChI is InChI=1S/C15H12N2O2.CH4O/c18-12-6-7-13-10(8-12)9-14(17-13)15(19)16-11-4-2-1-3-5-11;1-2/h1-9,17-18H,(H,16,19);2H,1H3. The Bertz CT molecular complexity index is 736. The van der Waals surface area contributed by atoms with Crippen LogP contribution >= 0.6 is 0 Å². The van der Waals surface area contributed by atoms with Crippen LogP contribution in [0.1, 0.15) is 10.5 Å². The number of para-hydroxylation sites is 1. The van der Waals surface area contributed by atoms with Crippen molar-refractivity contribution in [1.29, 1.82) is 0 Å². The van der Waals surface area contributed by atoms with Crippen molar-refractivity contribution >= 4 is 22.5 Å². The largest absolute Gasteiger partial charge is 0.508 e. The predicted octanol–water partition coefficient (Wildman–Crippen LogP) is 2.73. The van der Waals surface area contributed by atoms with Gasteiger partial charge in [-0.3, -0.25) is 4.79 Å². The van der Waals surface area contributed by atoms with E-state index in [1.165, 1.54) is 0 Å². The van der Waals surface area contributed by atoms with Crippen LogP contribution < -0.4 is 5.32 Å². The lowest BCUT2D eigenvalue weighted by Gasteiger charge is -2.02. The van der Waals surface area contributed by atoms with Gasteiger partial charge >= 0.3 is 0 Å². The number of phenolic OH excluding ortho intramolecular Hbond substituents is 1. The van der Waals surface area contributed by atoms with Gasteiger partial charge in [0.2, 0.25) is 0 Å². The minimum Gasteiger partial charge on any atom is -0.508 e. The predicted molar refractivity (Wildman–Crippen MR) is 82.5 cm³/mol. The highest BCUT2D eigenvalue weighted by Gasteiger charge is 2.09. The molecule has 0 unspecified atom stereocenters. The Morgan fingerprint density at radius 3 is 2.48 bits per heavy atom. The maximum absolute atomic E-state index is 12.1. The van der Waals surface area contributed by atoms with E-state index in [0.29, 0.717) is 5.69 Å². The zero-order valence-electron chi connectivity index (χ0n) is 11.5. The lowest BCUT2D eigenvalue weighted by molar-refractivity contribution is 0.102. The number of nitrogens with one attached hydrogen (secondary N) is 2. The van der Waals surface area contributed by atoms with Crippen LogP contribution in [0.2, 0.25) is 0 Å². The molecule has 0 fully saturated rings. The Morgan fingerprint density at radius 2 is 1.76 bits per heavy atom. The number of H-pyrrole nitrogens is 1. The third kappa shape index (κ3) is 3.40. The van der Waals surface area contributed by atoms with Gasteiger partial charge in [-0.05, 0) is 36.4 Å². The number of aliphatic hydroxyl groups is 1. The van der Waals surface area contributed by atoms with E-state index in [-0.39, 0.29) is 11.7 Å². The van der Waals surface area contributed by atoms with Crippen molar-refractivity contribution in [3.8, 4) is 5.75 Å². The van der Waals surface area contributed by atoms with Gasteiger partial charge in [0.25, 0.3) is 5.91 Å². The molecule has 108 valence electrons. The van der Waals surface area contributed by atoms with Crippen LogP contribution in [0.4, 0.5) is 5.69 Å². The number of hydrogen-bond acceptors (Lipinski definition) is 3. The summed E-state index contributed by atoms with van der Waals surface area (Å²) in [6.45, 7) is 0. The normalized spacial score (nSPS) is 9.81. The second-order valence-electron chi connectivity index (χ2n) is 4.27. The number of aromatic amines is 1. The van der Waals surface area contributed by atoms with E-state index in [1.54, 1.807) is 24.3 Å². The molecule has 3 aromatic rings. The molecule has 2 aromatic carbocycles. The molecule has 5 heteroatoms. The molecule has 0 aliphatic rings. The highest BCUT2D eigenvalue weighted by Crippen LogP contribution is 2.21. The van der Waals surface area contributed by atoms with E-state index in [4.69, 9.17) is 5.11 Å². The van der Waals surface area contributed by atoms with Crippen molar-refractivity contribution in [3.05, 3.63) is 60.3 Å². The molecule has 0 bridgehead atoms. The zero-order valence-corrected chi connectivity index (χ0v) is 11.5. The molecule has 0 radical (unpaired) electrons. The second kappa shape index (κ2) is 6.58. The van der Waals surface area contributed by atoms with E-state index in [0.717, 1.165) is 23.7 Å². The average molecular weight is 284 g/mol. The summed E-state index contributed by atoms with van der Waals surface area (Å²) in [6, 6.07) is 15.9. The molecule has 21 heavy (non-hydrogen) atoms. The monoisotopic (exact) mass is 284 g/mol. The summed E-state index contributed by atoms with van der Waals surface area (Å²) in [6.07, 6.45) is 0. The van der Waals surface area contributed by atoms with E-state index in [2.05, 4.69) is 10.3 Å². The minimum absolute atomic E-state index is 0.182. The van der Waals surface area contributed by atoms with Gasteiger partial charge in [0, 0.05) is 23.7 Å². The van der Waals surface area contributed by atoms with Crippen LogP contribution in [-0.2, 0) is 0 Å². The molecule has 0 atom stereocenters. The fraction of sp³-hybridized carbons (Fsp3) is 0.0625. The van der Waals surface area contributed by atoms with Gasteiger partial charge < -0.3 is 20.5 Å². The van der Waals surface area contributed by atoms with Crippen molar-refractivity contribution in [3.63, 3.8) is 0 Å². The first kappa shape index (κ1) is 14.6. The van der Waals surface area contributed by atoms with Crippen molar-refractivity contribution in [1.82, 2.24) is 4.98 Å². The highest BCUT2D eigenvalue weighted by molar-refractivity contribution is 6.06. The fourth-order valence-electron chi connectivity index (χ4n) is 1.96. The molecule has 0 saturated carbocycles. The smallest absolute Gasteiger partial charge is 0.272 e. The number of amides is 1. The number of carbonyl (C=O) groups excluding carboxylic acids is 1. The zero-order chi connectivity index (χ0) is 15.2. The first-order valence-electron chi connectivity index (χ1n) is 6.35. The summed E-state index contributed by atoms with van der Waals surface area (Å²) in [4.78, 5) is 15.1. The molecule has 3 rings (SSSR count). The number of benzene rings is 2. The molecular formula is C16H16N2O3. The summed E-state index contributed by atoms with van der Waals surface area (Å²) in [5, 5.41) is 20.0. The number of rotatable bonds is 2. The summed E-state index contributed by atoms with van der Waals surface area (Å²) >= 11 is 0. The second-order valence-corrected chi connectivity index (χ2v) is 4.27. The molecule has 0 spiro atoms. The van der Waals surface area contributed by atoms with Gasteiger partial charge in [-0.2, -0.15) is 0 Å². The van der Waals surface area contributed by atoms with Crippen LogP contribution in [0, 0.1) is 0 Å².